The topological polar surface area (TPSA) is 61.9 Å². The zero-order valence-electron chi connectivity index (χ0n) is 19.5. The number of ether oxygens (including phenoxy) is 1. The van der Waals surface area contributed by atoms with Gasteiger partial charge in [0.2, 0.25) is 0 Å². The van der Waals surface area contributed by atoms with Gasteiger partial charge in [0.25, 0.3) is 0 Å². The normalized spacial score (nSPS) is 17.4. The minimum absolute atomic E-state index is 0.0786. The third-order valence-corrected chi connectivity index (χ3v) is 6.09. The number of carbonyl (C=O) groups is 2. The molecular formula is C26H33N3O3. The van der Waals surface area contributed by atoms with Crippen LogP contribution in [0.25, 0.3) is 11.1 Å². The first-order valence-electron chi connectivity index (χ1n) is 11.4. The van der Waals surface area contributed by atoms with Crippen molar-refractivity contribution in [2.75, 3.05) is 32.0 Å². The lowest BCUT2D eigenvalue weighted by molar-refractivity contribution is 0.0253. The SMILES string of the molecule is CN(CC1CCCN(C(=O)Nc2ccc3c(c2)Cc2ccccc2-3)C1)C(=O)OC(C)(C)C. The minimum atomic E-state index is -0.513. The Morgan fingerprint density at radius 3 is 2.66 bits per heavy atom. The standard InChI is InChI=1S/C26H33N3O3/c1-26(2,3)32-25(31)28(4)16-18-8-7-13-29(17-18)24(30)27-21-11-12-23-20(15-21)14-19-9-5-6-10-22(19)23/h5-6,9-12,15,18H,7-8,13-14,16-17H2,1-4H3,(H,27,30). The van der Waals surface area contributed by atoms with Gasteiger partial charge in [0.15, 0.2) is 0 Å². The number of anilines is 1. The number of rotatable bonds is 3. The van der Waals surface area contributed by atoms with Gasteiger partial charge in [-0.05, 0) is 80.3 Å². The predicted molar refractivity (Wildman–Crippen MR) is 127 cm³/mol. The summed E-state index contributed by atoms with van der Waals surface area (Å²) in [4.78, 5) is 28.7. The first-order valence-corrected chi connectivity index (χ1v) is 11.4. The average molecular weight is 436 g/mol. The lowest BCUT2D eigenvalue weighted by Gasteiger charge is -2.35. The molecule has 2 aromatic rings. The Labute approximate surface area is 190 Å². The second-order valence-corrected chi connectivity index (χ2v) is 9.95. The van der Waals surface area contributed by atoms with E-state index in [1.165, 1.54) is 22.3 Å². The van der Waals surface area contributed by atoms with Gasteiger partial charge in [0.05, 0.1) is 0 Å². The molecule has 6 nitrogen and oxygen atoms in total. The zero-order valence-corrected chi connectivity index (χ0v) is 19.5. The Hall–Kier alpha value is -3.02. The van der Waals surface area contributed by atoms with Gasteiger partial charge in [-0.3, -0.25) is 0 Å². The van der Waals surface area contributed by atoms with Crippen molar-refractivity contribution in [2.24, 2.45) is 5.92 Å². The predicted octanol–water partition coefficient (Wildman–Crippen LogP) is 5.37. The third kappa shape index (κ3) is 5.06. The molecular weight excluding hydrogens is 402 g/mol. The largest absolute Gasteiger partial charge is 0.444 e. The van der Waals surface area contributed by atoms with Gasteiger partial charge in [-0.15, -0.1) is 0 Å². The molecule has 0 saturated carbocycles. The Morgan fingerprint density at radius 2 is 1.88 bits per heavy atom. The van der Waals surface area contributed by atoms with Gasteiger partial charge in [0, 0.05) is 32.4 Å². The number of carbonyl (C=O) groups excluding carboxylic acids is 2. The highest BCUT2D eigenvalue weighted by molar-refractivity contribution is 5.90. The van der Waals surface area contributed by atoms with Gasteiger partial charge >= 0.3 is 12.1 Å². The fourth-order valence-electron chi connectivity index (χ4n) is 4.63. The molecule has 1 N–H and O–H groups in total. The van der Waals surface area contributed by atoms with E-state index in [1.54, 1.807) is 11.9 Å². The van der Waals surface area contributed by atoms with Crippen LogP contribution in [0.15, 0.2) is 42.5 Å². The summed E-state index contributed by atoms with van der Waals surface area (Å²) >= 11 is 0. The number of urea groups is 1. The molecule has 3 amide bonds. The molecule has 6 heteroatoms. The van der Waals surface area contributed by atoms with Gasteiger partial charge < -0.3 is 19.9 Å². The maximum atomic E-state index is 12.9. The van der Waals surface area contributed by atoms with E-state index < -0.39 is 5.60 Å². The van der Waals surface area contributed by atoms with E-state index in [9.17, 15) is 9.59 Å². The van der Waals surface area contributed by atoms with Gasteiger partial charge in [-0.2, -0.15) is 0 Å². The lowest BCUT2D eigenvalue weighted by atomic mass is 9.98. The summed E-state index contributed by atoms with van der Waals surface area (Å²) in [5.41, 5.74) is 5.43. The van der Waals surface area contributed by atoms with Crippen LogP contribution in [-0.4, -0.2) is 54.2 Å². The van der Waals surface area contributed by atoms with Crippen molar-refractivity contribution in [3.63, 3.8) is 0 Å². The van der Waals surface area contributed by atoms with E-state index in [0.29, 0.717) is 13.1 Å². The first kappa shape index (κ1) is 22.2. The fourth-order valence-corrected chi connectivity index (χ4v) is 4.63. The summed E-state index contributed by atoms with van der Waals surface area (Å²) in [7, 11) is 1.76. The summed E-state index contributed by atoms with van der Waals surface area (Å²) in [5, 5.41) is 3.08. The molecule has 2 aliphatic rings. The third-order valence-electron chi connectivity index (χ3n) is 6.09. The molecule has 0 aromatic heterocycles. The molecule has 170 valence electrons. The van der Waals surface area contributed by atoms with Crippen LogP contribution in [0, 0.1) is 5.92 Å². The maximum absolute atomic E-state index is 12.9. The quantitative estimate of drug-likeness (QED) is 0.602. The molecule has 1 heterocycles. The average Bonchev–Trinajstić information content (AvgIpc) is 3.10. The molecule has 0 bridgehead atoms. The molecule has 1 saturated heterocycles. The lowest BCUT2D eigenvalue weighted by Crippen LogP contribution is -2.46. The summed E-state index contributed by atoms with van der Waals surface area (Å²) in [5.74, 6) is 0.238. The number of piperidine rings is 1. The Bertz CT molecular complexity index is 1010. The second-order valence-electron chi connectivity index (χ2n) is 9.95. The number of hydrogen-bond acceptors (Lipinski definition) is 3. The van der Waals surface area contributed by atoms with Crippen molar-refractivity contribution in [1.82, 2.24) is 9.80 Å². The summed E-state index contributed by atoms with van der Waals surface area (Å²) in [6.07, 6.45) is 2.50. The number of nitrogens with one attached hydrogen (secondary N) is 1. The number of amides is 3. The van der Waals surface area contributed by atoms with Crippen LogP contribution < -0.4 is 5.32 Å². The van der Waals surface area contributed by atoms with Crippen molar-refractivity contribution in [3.05, 3.63) is 53.6 Å². The van der Waals surface area contributed by atoms with Crippen molar-refractivity contribution < 1.29 is 14.3 Å². The first-order chi connectivity index (χ1) is 15.2. The number of fused-ring (bicyclic) bond motifs is 3. The molecule has 4 rings (SSSR count). The highest BCUT2D eigenvalue weighted by Crippen LogP contribution is 2.37. The van der Waals surface area contributed by atoms with Crippen LogP contribution in [0.3, 0.4) is 0 Å². The molecule has 1 aliphatic carbocycles. The molecule has 32 heavy (non-hydrogen) atoms. The van der Waals surface area contributed by atoms with Gasteiger partial charge in [0.1, 0.15) is 5.60 Å². The van der Waals surface area contributed by atoms with E-state index in [4.69, 9.17) is 4.74 Å². The van der Waals surface area contributed by atoms with Crippen LogP contribution in [0.5, 0.6) is 0 Å². The van der Waals surface area contributed by atoms with Crippen LogP contribution in [-0.2, 0) is 11.2 Å². The van der Waals surface area contributed by atoms with E-state index in [0.717, 1.165) is 31.5 Å². The Balaban J connectivity index is 1.34. The van der Waals surface area contributed by atoms with Crippen molar-refractivity contribution in [1.29, 1.82) is 0 Å². The van der Waals surface area contributed by atoms with Gasteiger partial charge in [-0.1, -0.05) is 30.3 Å². The smallest absolute Gasteiger partial charge is 0.410 e. The molecule has 0 radical (unpaired) electrons. The van der Waals surface area contributed by atoms with E-state index in [-0.39, 0.29) is 18.0 Å². The van der Waals surface area contributed by atoms with Crippen LogP contribution >= 0.6 is 0 Å². The van der Waals surface area contributed by atoms with Crippen LogP contribution in [0.1, 0.15) is 44.7 Å². The van der Waals surface area contributed by atoms with Gasteiger partial charge in [-0.25, -0.2) is 9.59 Å². The molecule has 0 spiro atoms. The molecule has 1 unspecified atom stereocenters. The van der Waals surface area contributed by atoms with Crippen molar-refractivity contribution in [3.8, 4) is 11.1 Å². The van der Waals surface area contributed by atoms with E-state index in [2.05, 4.69) is 41.7 Å². The number of likely N-dealkylation sites (tertiary alicyclic amines) is 1. The molecule has 1 aliphatic heterocycles. The maximum Gasteiger partial charge on any atom is 0.410 e. The monoisotopic (exact) mass is 435 g/mol. The van der Waals surface area contributed by atoms with Crippen LogP contribution in [0.2, 0.25) is 0 Å². The number of benzene rings is 2. The summed E-state index contributed by atoms with van der Waals surface area (Å²) < 4.78 is 5.45. The zero-order chi connectivity index (χ0) is 22.9. The summed E-state index contributed by atoms with van der Waals surface area (Å²) in [6, 6.07) is 14.5. The fraction of sp³-hybridized carbons (Fsp3) is 0.462. The summed E-state index contributed by atoms with van der Waals surface area (Å²) in [6.45, 7) is 7.54. The second kappa shape index (κ2) is 8.85. The van der Waals surface area contributed by atoms with Crippen molar-refractivity contribution in [2.45, 2.75) is 45.6 Å². The van der Waals surface area contributed by atoms with Crippen molar-refractivity contribution >= 4 is 17.8 Å². The van der Waals surface area contributed by atoms with E-state index >= 15 is 0 Å². The number of nitrogens with zero attached hydrogens (tertiary/aromatic N) is 2. The molecule has 1 fully saturated rings. The van der Waals surface area contributed by atoms with E-state index in [1.807, 2.05) is 31.7 Å². The Kier molecular flexibility index (Phi) is 6.13. The number of hydrogen-bond donors (Lipinski definition) is 1. The Morgan fingerprint density at radius 1 is 1.12 bits per heavy atom. The molecule has 2 aromatic carbocycles. The molecule has 1 atom stereocenters. The minimum Gasteiger partial charge on any atom is -0.444 e. The highest BCUT2D eigenvalue weighted by atomic mass is 16.6. The van der Waals surface area contributed by atoms with Crippen LogP contribution in [0.4, 0.5) is 15.3 Å². The highest BCUT2D eigenvalue weighted by Gasteiger charge is 2.28.